The smallest absolute Gasteiger partial charge is 0.327 e. The first-order chi connectivity index (χ1) is 7.82. The van der Waals surface area contributed by atoms with Crippen molar-refractivity contribution in [2.24, 2.45) is 0 Å². The minimum atomic E-state index is -4.81. The number of phosphoric ester groups is 1. The second kappa shape index (κ2) is 5.03. The maximum absolute atomic E-state index is 11.2. The number of hydrogen-bond acceptors (Lipinski definition) is 9. The SMILES string of the molecule is COP(=O)([O-])OC1=C([O-])C(=O)OC1C(O)CO. The van der Waals surface area contributed by atoms with Crippen molar-refractivity contribution in [2.75, 3.05) is 13.7 Å². The first-order valence-corrected chi connectivity index (χ1v) is 5.76. The minimum Gasteiger partial charge on any atom is -0.865 e. The first kappa shape index (κ1) is 13.9. The fraction of sp³-hybridized carbons (Fsp3) is 0.571. The number of hydrogen-bond donors (Lipinski definition) is 2. The van der Waals surface area contributed by atoms with E-state index in [0.717, 1.165) is 7.11 Å². The molecule has 0 radical (unpaired) electrons. The van der Waals surface area contributed by atoms with Gasteiger partial charge in [-0.05, 0) is 0 Å². The van der Waals surface area contributed by atoms with E-state index >= 15 is 0 Å². The third kappa shape index (κ3) is 2.96. The van der Waals surface area contributed by atoms with E-state index in [-0.39, 0.29) is 0 Å². The molecule has 0 aromatic heterocycles. The maximum atomic E-state index is 11.2. The normalized spacial score (nSPS) is 25.4. The van der Waals surface area contributed by atoms with Crippen molar-refractivity contribution in [2.45, 2.75) is 12.2 Å². The van der Waals surface area contributed by atoms with Crippen LogP contribution >= 0.6 is 7.82 Å². The van der Waals surface area contributed by atoms with Crippen LogP contribution in [0, 0.1) is 0 Å². The van der Waals surface area contributed by atoms with Gasteiger partial charge in [-0.25, -0.2) is 4.79 Å². The number of phosphoric acid groups is 1. The molecule has 17 heavy (non-hydrogen) atoms. The summed E-state index contributed by atoms with van der Waals surface area (Å²) in [6.45, 7) is -0.853. The van der Waals surface area contributed by atoms with Gasteiger partial charge in [0.15, 0.2) is 6.10 Å². The predicted molar refractivity (Wildman–Crippen MR) is 45.7 cm³/mol. The summed E-state index contributed by atoms with van der Waals surface area (Å²) < 4.78 is 23.4. The molecular formula is C7H9O9P-2. The molecule has 0 bridgehead atoms. The van der Waals surface area contributed by atoms with Gasteiger partial charge >= 0.3 is 13.8 Å². The summed E-state index contributed by atoms with van der Waals surface area (Å²) in [5.41, 5.74) is 0. The molecule has 9 nitrogen and oxygen atoms in total. The summed E-state index contributed by atoms with van der Waals surface area (Å²) in [6.07, 6.45) is -3.34. The minimum absolute atomic E-state index is 0.786. The largest absolute Gasteiger partial charge is 0.865 e. The zero-order chi connectivity index (χ0) is 13.2. The van der Waals surface area contributed by atoms with Crippen LogP contribution in [0.2, 0.25) is 0 Å². The Hall–Kier alpha value is -1.12. The van der Waals surface area contributed by atoms with E-state index in [9.17, 15) is 24.5 Å². The monoisotopic (exact) mass is 268 g/mol. The number of cyclic esters (lactones) is 1. The number of rotatable bonds is 5. The highest BCUT2D eigenvalue weighted by atomic mass is 31.2. The van der Waals surface area contributed by atoms with Crippen LogP contribution in [0.1, 0.15) is 0 Å². The van der Waals surface area contributed by atoms with Gasteiger partial charge in [-0.15, -0.1) is 0 Å². The standard InChI is InChI=1S/C7H11O9P/c1-14-17(12,13)16-6-4(10)7(11)15-5(6)3(9)2-8/h3,5,8-10H,2H2,1H3,(H,12,13)/p-2. The molecule has 0 amide bonds. The van der Waals surface area contributed by atoms with Crippen molar-refractivity contribution >= 4 is 13.8 Å². The molecule has 0 aromatic rings. The van der Waals surface area contributed by atoms with Crippen LogP contribution in [0.4, 0.5) is 0 Å². The van der Waals surface area contributed by atoms with Crippen molar-refractivity contribution in [3.05, 3.63) is 11.5 Å². The summed E-state index contributed by atoms with van der Waals surface area (Å²) in [5, 5.41) is 29.0. The Labute approximate surface area is 95.5 Å². The van der Waals surface area contributed by atoms with Crippen molar-refractivity contribution < 1.29 is 43.4 Å². The maximum Gasteiger partial charge on any atom is 0.327 e. The van der Waals surface area contributed by atoms with E-state index in [1.54, 1.807) is 0 Å². The molecule has 3 unspecified atom stereocenters. The van der Waals surface area contributed by atoms with Crippen molar-refractivity contribution in [3.8, 4) is 0 Å². The number of esters is 1. The van der Waals surface area contributed by atoms with E-state index in [1.807, 2.05) is 0 Å². The Kier molecular flexibility index (Phi) is 4.12. The van der Waals surface area contributed by atoms with E-state index in [4.69, 9.17) is 5.11 Å². The van der Waals surface area contributed by atoms with Crippen molar-refractivity contribution in [3.63, 3.8) is 0 Å². The molecule has 0 fully saturated rings. The highest BCUT2D eigenvalue weighted by molar-refractivity contribution is 7.46. The zero-order valence-corrected chi connectivity index (χ0v) is 9.46. The quantitative estimate of drug-likeness (QED) is 0.392. The predicted octanol–water partition coefficient (Wildman–Crippen LogP) is -3.03. The van der Waals surface area contributed by atoms with Gasteiger partial charge in [0.1, 0.15) is 11.9 Å². The second-order valence-electron chi connectivity index (χ2n) is 2.99. The summed E-state index contributed by atoms with van der Waals surface area (Å²) in [7, 11) is -4.02. The number of aliphatic hydroxyl groups excluding tert-OH is 2. The Morgan fingerprint density at radius 3 is 2.71 bits per heavy atom. The van der Waals surface area contributed by atoms with Crippen LogP contribution in [0.5, 0.6) is 0 Å². The van der Waals surface area contributed by atoms with Gasteiger partial charge in [0.2, 0.25) is 0 Å². The van der Waals surface area contributed by atoms with E-state index in [0.29, 0.717) is 0 Å². The highest BCUT2D eigenvalue weighted by Gasteiger charge is 2.37. The molecule has 1 heterocycles. The van der Waals surface area contributed by atoms with E-state index in [1.165, 1.54) is 0 Å². The van der Waals surface area contributed by atoms with Gasteiger partial charge in [-0.2, -0.15) is 0 Å². The third-order valence-electron chi connectivity index (χ3n) is 1.87. The lowest BCUT2D eigenvalue weighted by Crippen LogP contribution is -2.32. The van der Waals surface area contributed by atoms with Crippen molar-refractivity contribution in [1.29, 1.82) is 0 Å². The Morgan fingerprint density at radius 1 is 1.65 bits per heavy atom. The van der Waals surface area contributed by atoms with Crippen molar-refractivity contribution in [1.82, 2.24) is 0 Å². The number of carbonyl (C=O) groups is 1. The van der Waals surface area contributed by atoms with Gasteiger partial charge in [-0.3, -0.25) is 4.57 Å². The molecule has 1 aliphatic heterocycles. The lowest BCUT2D eigenvalue weighted by Gasteiger charge is -2.26. The molecule has 1 rings (SSSR count). The number of carbonyl (C=O) groups excluding carboxylic acids is 1. The van der Waals surface area contributed by atoms with Crippen LogP contribution in [-0.4, -0.2) is 42.1 Å². The molecule has 0 saturated heterocycles. The second-order valence-corrected chi connectivity index (χ2v) is 4.43. The Morgan fingerprint density at radius 2 is 2.24 bits per heavy atom. The molecule has 98 valence electrons. The summed E-state index contributed by atoms with van der Waals surface area (Å²) in [5.74, 6) is -3.67. The van der Waals surface area contributed by atoms with Crippen LogP contribution in [0.3, 0.4) is 0 Å². The first-order valence-electron chi connectivity index (χ1n) is 4.30. The van der Waals surface area contributed by atoms with E-state index in [2.05, 4.69) is 13.8 Å². The average Bonchev–Trinajstić information content (AvgIpc) is 2.56. The average molecular weight is 268 g/mol. The van der Waals surface area contributed by atoms with Crippen LogP contribution in [-0.2, 0) is 23.1 Å². The van der Waals surface area contributed by atoms with E-state index < -0.39 is 44.1 Å². The van der Waals surface area contributed by atoms with Gasteiger partial charge < -0.3 is 34.0 Å². The molecule has 1 aliphatic rings. The summed E-state index contributed by atoms with van der Waals surface area (Å²) in [4.78, 5) is 21.9. The molecule has 10 heteroatoms. The van der Waals surface area contributed by atoms with Gasteiger partial charge in [0, 0.05) is 12.9 Å². The van der Waals surface area contributed by atoms with Gasteiger partial charge in [-0.1, -0.05) is 0 Å². The van der Waals surface area contributed by atoms with Gasteiger partial charge in [0.05, 0.1) is 6.61 Å². The number of aliphatic hydroxyl groups is 2. The lowest BCUT2D eigenvalue weighted by molar-refractivity contribution is -0.303. The summed E-state index contributed by atoms with van der Waals surface area (Å²) >= 11 is 0. The van der Waals surface area contributed by atoms with Crippen LogP contribution in [0.15, 0.2) is 11.5 Å². The fourth-order valence-electron chi connectivity index (χ4n) is 1.05. The molecule has 2 N–H and O–H groups in total. The zero-order valence-electron chi connectivity index (χ0n) is 8.56. The van der Waals surface area contributed by atoms with Crippen LogP contribution in [0.25, 0.3) is 0 Å². The Bertz CT molecular complexity index is 389. The topological polar surface area (TPSA) is 148 Å². The molecule has 0 spiro atoms. The third-order valence-corrected chi connectivity index (χ3v) is 2.74. The molecule has 0 aliphatic carbocycles. The number of ether oxygens (including phenoxy) is 1. The van der Waals surface area contributed by atoms with Crippen LogP contribution < -0.4 is 10.00 Å². The molecule has 0 aromatic carbocycles. The van der Waals surface area contributed by atoms with Gasteiger partial charge in [0.25, 0.3) is 0 Å². The lowest BCUT2D eigenvalue weighted by atomic mass is 10.2. The summed E-state index contributed by atoms with van der Waals surface area (Å²) in [6, 6.07) is 0. The highest BCUT2D eigenvalue weighted by Crippen LogP contribution is 2.43. The molecular weight excluding hydrogens is 259 g/mol. The molecule has 0 saturated carbocycles. The molecule has 3 atom stereocenters. The Balaban J connectivity index is 2.98. The fourth-order valence-corrected chi connectivity index (χ4v) is 1.55.